The van der Waals surface area contributed by atoms with Crippen LogP contribution >= 0.6 is 0 Å². The van der Waals surface area contributed by atoms with Crippen molar-refractivity contribution in [3.05, 3.63) is 0 Å². The van der Waals surface area contributed by atoms with Crippen molar-refractivity contribution < 1.29 is 13.2 Å². The van der Waals surface area contributed by atoms with Gasteiger partial charge in [0.15, 0.2) is 0 Å². The zero-order valence-electron chi connectivity index (χ0n) is 10.6. The van der Waals surface area contributed by atoms with Crippen molar-refractivity contribution >= 4 is 15.9 Å². The van der Waals surface area contributed by atoms with Crippen molar-refractivity contribution in [2.75, 3.05) is 39.5 Å². The van der Waals surface area contributed by atoms with Gasteiger partial charge in [0.2, 0.25) is 15.9 Å². The number of rotatable bonds is 5. The summed E-state index contributed by atoms with van der Waals surface area (Å²) in [5.41, 5.74) is 0. The van der Waals surface area contributed by atoms with Crippen molar-refractivity contribution in [1.29, 1.82) is 0 Å². The van der Waals surface area contributed by atoms with Gasteiger partial charge in [-0.15, -0.1) is 0 Å². The SMILES string of the molecule is CCS(=O)(=O)N(C)CC(=O)N(C)C1CCNC1. The summed E-state index contributed by atoms with van der Waals surface area (Å²) in [5, 5.41) is 3.18. The van der Waals surface area contributed by atoms with E-state index in [0.29, 0.717) is 0 Å². The Kier molecular flexibility index (Phi) is 4.91. The van der Waals surface area contributed by atoms with Crippen molar-refractivity contribution in [1.82, 2.24) is 14.5 Å². The molecule has 100 valence electrons. The number of sulfonamides is 1. The van der Waals surface area contributed by atoms with Crippen LogP contribution in [0.2, 0.25) is 0 Å². The Labute approximate surface area is 103 Å². The Bertz CT molecular complexity index is 363. The van der Waals surface area contributed by atoms with Gasteiger partial charge in [-0.3, -0.25) is 4.79 Å². The molecule has 0 aromatic rings. The van der Waals surface area contributed by atoms with Gasteiger partial charge < -0.3 is 10.2 Å². The molecular formula is C10H21N3O3S. The number of carbonyl (C=O) groups is 1. The topological polar surface area (TPSA) is 69.7 Å². The van der Waals surface area contributed by atoms with Crippen molar-refractivity contribution in [2.45, 2.75) is 19.4 Å². The summed E-state index contributed by atoms with van der Waals surface area (Å²) in [7, 11) is -0.110. The van der Waals surface area contributed by atoms with Crippen molar-refractivity contribution in [3.63, 3.8) is 0 Å². The monoisotopic (exact) mass is 263 g/mol. The molecule has 1 rings (SSSR count). The fourth-order valence-corrected chi connectivity index (χ4v) is 2.54. The van der Waals surface area contributed by atoms with Crippen LogP contribution in [0.25, 0.3) is 0 Å². The molecule has 0 radical (unpaired) electrons. The highest BCUT2D eigenvalue weighted by Crippen LogP contribution is 2.07. The van der Waals surface area contributed by atoms with Crippen LogP contribution in [0.15, 0.2) is 0 Å². The Hall–Kier alpha value is -0.660. The predicted molar refractivity (Wildman–Crippen MR) is 66.1 cm³/mol. The van der Waals surface area contributed by atoms with Gasteiger partial charge in [-0.2, -0.15) is 4.31 Å². The minimum atomic E-state index is -3.28. The third kappa shape index (κ3) is 3.65. The Morgan fingerprint density at radius 3 is 2.53 bits per heavy atom. The summed E-state index contributed by atoms with van der Waals surface area (Å²) in [4.78, 5) is 13.5. The average molecular weight is 263 g/mol. The van der Waals surface area contributed by atoms with E-state index >= 15 is 0 Å². The second kappa shape index (κ2) is 5.79. The molecule has 17 heavy (non-hydrogen) atoms. The summed E-state index contributed by atoms with van der Waals surface area (Å²) in [5.74, 6) is -0.135. The summed E-state index contributed by atoms with van der Waals surface area (Å²) >= 11 is 0. The van der Waals surface area contributed by atoms with E-state index in [2.05, 4.69) is 5.32 Å². The van der Waals surface area contributed by atoms with Crippen LogP contribution in [0.5, 0.6) is 0 Å². The van der Waals surface area contributed by atoms with Crippen molar-refractivity contribution in [3.8, 4) is 0 Å². The van der Waals surface area contributed by atoms with E-state index in [1.807, 2.05) is 0 Å². The molecular weight excluding hydrogens is 242 g/mol. The highest BCUT2D eigenvalue weighted by atomic mass is 32.2. The van der Waals surface area contributed by atoms with Gasteiger partial charge >= 0.3 is 0 Å². The zero-order valence-corrected chi connectivity index (χ0v) is 11.5. The first-order valence-electron chi connectivity index (χ1n) is 5.79. The smallest absolute Gasteiger partial charge is 0.237 e. The molecule has 0 saturated carbocycles. The largest absolute Gasteiger partial charge is 0.340 e. The number of carbonyl (C=O) groups excluding carboxylic acids is 1. The van der Waals surface area contributed by atoms with Gasteiger partial charge in [-0.1, -0.05) is 0 Å². The van der Waals surface area contributed by atoms with E-state index in [1.165, 1.54) is 7.05 Å². The maximum Gasteiger partial charge on any atom is 0.237 e. The number of hydrogen-bond donors (Lipinski definition) is 1. The molecule has 6 nitrogen and oxygen atoms in total. The quantitative estimate of drug-likeness (QED) is 0.697. The molecule has 1 N–H and O–H groups in total. The molecule has 1 aliphatic heterocycles. The first-order chi connectivity index (χ1) is 7.88. The Morgan fingerprint density at radius 1 is 1.41 bits per heavy atom. The second-order valence-corrected chi connectivity index (χ2v) is 6.67. The van der Waals surface area contributed by atoms with Gasteiger partial charge in [0.05, 0.1) is 12.3 Å². The molecule has 1 aliphatic rings. The molecule has 1 unspecified atom stereocenters. The van der Waals surface area contributed by atoms with E-state index in [-0.39, 0.29) is 24.2 Å². The fourth-order valence-electron chi connectivity index (χ4n) is 1.79. The van der Waals surface area contributed by atoms with Crippen LogP contribution in [0, 0.1) is 0 Å². The van der Waals surface area contributed by atoms with Gasteiger partial charge in [-0.05, 0) is 19.9 Å². The van der Waals surface area contributed by atoms with Crippen LogP contribution in [0.3, 0.4) is 0 Å². The Balaban J connectivity index is 2.54. The predicted octanol–water partition coefficient (Wildman–Crippen LogP) is -0.912. The summed E-state index contributed by atoms with van der Waals surface area (Å²) < 4.78 is 24.2. The Morgan fingerprint density at radius 2 is 2.06 bits per heavy atom. The van der Waals surface area contributed by atoms with Crippen LogP contribution < -0.4 is 5.32 Å². The van der Waals surface area contributed by atoms with E-state index in [0.717, 1.165) is 23.8 Å². The van der Waals surface area contributed by atoms with Crippen molar-refractivity contribution in [2.24, 2.45) is 0 Å². The van der Waals surface area contributed by atoms with Crippen LogP contribution in [-0.4, -0.2) is 69.1 Å². The van der Waals surface area contributed by atoms with Gasteiger partial charge in [0.25, 0.3) is 0 Å². The lowest BCUT2D eigenvalue weighted by Crippen LogP contribution is -2.44. The molecule has 7 heteroatoms. The fraction of sp³-hybridized carbons (Fsp3) is 0.900. The molecule has 1 saturated heterocycles. The number of amides is 1. The number of likely N-dealkylation sites (N-methyl/N-ethyl adjacent to an activating group) is 2. The van der Waals surface area contributed by atoms with Gasteiger partial charge in [0, 0.05) is 26.7 Å². The van der Waals surface area contributed by atoms with E-state index in [4.69, 9.17) is 0 Å². The molecule has 1 heterocycles. The molecule has 0 bridgehead atoms. The summed E-state index contributed by atoms with van der Waals surface area (Å²) in [6.07, 6.45) is 0.923. The third-order valence-corrected chi connectivity index (χ3v) is 4.98. The lowest BCUT2D eigenvalue weighted by Gasteiger charge is -2.26. The zero-order chi connectivity index (χ0) is 13.1. The standard InChI is InChI=1S/C10H21N3O3S/c1-4-17(15,16)12(2)8-10(14)13(3)9-5-6-11-7-9/h9,11H,4-8H2,1-3H3. The lowest BCUT2D eigenvalue weighted by molar-refractivity contribution is -0.131. The molecule has 1 amide bonds. The lowest BCUT2D eigenvalue weighted by atomic mass is 10.2. The van der Waals surface area contributed by atoms with Gasteiger partial charge in [0.1, 0.15) is 0 Å². The van der Waals surface area contributed by atoms with Crippen LogP contribution in [-0.2, 0) is 14.8 Å². The molecule has 1 fully saturated rings. The summed E-state index contributed by atoms with van der Waals surface area (Å²) in [6, 6.07) is 0.181. The highest BCUT2D eigenvalue weighted by molar-refractivity contribution is 7.89. The molecule has 0 aromatic carbocycles. The molecule has 0 spiro atoms. The first kappa shape index (κ1) is 14.4. The molecule has 1 atom stereocenters. The normalized spacial score (nSPS) is 20.8. The maximum absolute atomic E-state index is 11.9. The molecule has 0 aliphatic carbocycles. The average Bonchev–Trinajstić information content (AvgIpc) is 2.81. The number of nitrogens with one attached hydrogen (secondary N) is 1. The highest BCUT2D eigenvalue weighted by Gasteiger charge is 2.26. The number of nitrogens with zero attached hydrogens (tertiary/aromatic N) is 2. The van der Waals surface area contributed by atoms with E-state index < -0.39 is 10.0 Å². The minimum Gasteiger partial charge on any atom is -0.340 e. The third-order valence-electron chi connectivity index (χ3n) is 3.17. The minimum absolute atomic E-state index is 0.0193. The second-order valence-electron chi connectivity index (χ2n) is 4.31. The number of hydrogen-bond acceptors (Lipinski definition) is 4. The van der Waals surface area contributed by atoms with E-state index in [1.54, 1.807) is 18.9 Å². The van der Waals surface area contributed by atoms with Gasteiger partial charge in [-0.25, -0.2) is 8.42 Å². The van der Waals surface area contributed by atoms with Crippen LogP contribution in [0.1, 0.15) is 13.3 Å². The maximum atomic E-state index is 11.9. The van der Waals surface area contributed by atoms with Crippen LogP contribution in [0.4, 0.5) is 0 Å². The van der Waals surface area contributed by atoms with E-state index in [9.17, 15) is 13.2 Å². The summed E-state index contributed by atoms with van der Waals surface area (Å²) in [6.45, 7) is 3.18. The molecule has 0 aromatic heterocycles. The first-order valence-corrected chi connectivity index (χ1v) is 7.39.